The average Bonchev–Trinajstić information content (AvgIpc) is 3.27. The van der Waals surface area contributed by atoms with Crippen molar-refractivity contribution in [3.63, 3.8) is 0 Å². The van der Waals surface area contributed by atoms with Crippen LogP contribution in [-0.2, 0) is 11.3 Å². The van der Waals surface area contributed by atoms with Crippen molar-refractivity contribution in [1.82, 2.24) is 19.9 Å². The number of hydrogen-bond acceptors (Lipinski definition) is 7. The molecule has 0 N–H and O–H groups in total. The van der Waals surface area contributed by atoms with E-state index in [1.807, 2.05) is 60.4 Å². The number of hydrogen-bond donors (Lipinski definition) is 0. The Labute approximate surface area is 181 Å². The summed E-state index contributed by atoms with van der Waals surface area (Å²) in [6.45, 7) is 5.42. The average molecular weight is 422 g/mol. The summed E-state index contributed by atoms with van der Waals surface area (Å²) in [5, 5.41) is 4.07. The number of amides is 1. The molecule has 1 saturated heterocycles. The molecule has 1 amide bonds. The maximum absolute atomic E-state index is 12.4. The number of piperazine rings is 1. The molecule has 1 aliphatic rings. The first-order chi connectivity index (χ1) is 15.1. The number of ether oxygens (including phenoxy) is 2. The van der Waals surface area contributed by atoms with Crippen LogP contribution in [0, 0.1) is 6.92 Å². The molecule has 1 fully saturated rings. The van der Waals surface area contributed by atoms with Crippen LogP contribution in [0.4, 0.5) is 0 Å². The fraction of sp³-hybridized carbons (Fsp3) is 0.348. The maximum atomic E-state index is 12.4. The van der Waals surface area contributed by atoms with Crippen LogP contribution in [0.15, 0.2) is 53.1 Å². The van der Waals surface area contributed by atoms with Crippen molar-refractivity contribution in [3.05, 3.63) is 60.0 Å². The lowest BCUT2D eigenvalue weighted by molar-refractivity contribution is -0.135. The highest BCUT2D eigenvalue weighted by atomic mass is 16.5. The second kappa shape index (κ2) is 9.61. The van der Waals surface area contributed by atoms with Gasteiger partial charge < -0.3 is 18.9 Å². The first kappa shape index (κ1) is 20.9. The van der Waals surface area contributed by atoms with Crippen LogP contribution >= 0.6 is 0 Å². The quantitative estimate of drug-likeness (QED) is 0.579. The zero-order valence-electron chi connectivity index (χ0n) is 17.8. The Morgan fingerprint density at radius 2 is 1.68 bits per heavy atom. The summed E-state index contributed by atoms with van der Waals surface area (Å²) in [4.78, 5) is 21.0. The van der Waals surface area contributed by atoms with Gasteiger partial charge in [-0.3, -0.25) is 9.69 Å². The molecule has 0 spiro atoms. The van der Waals surface area contributed by atoms with E-state index >= 15 is 0 Å². The Morgan fingerprint density at radius 1 is 1.00 bits per heavy atom. The summed E-state index contributed by atoms with van der Waals surface area (Å²) >= 11 is 0. The summed E-state index contributed by atoms with van der Waals surface area (Å²) in [6, 6.07) is 15.2. The van der Waals surface area contributed by atoms with Crippen molar-refractivity contribution in [2.24, 2.45) is 0 Å². The van der Waals surface area contributed by atoms with Crippen LogP contribution in [-0.4, -0.2) is 65.7 Å². The number of benzene rings is 2. The Morgan fingerprint density at radius 3 is 2.35 bits per heavy atom. The van der Waals surface area contributed by atoms with Crippen LogP contribution in [0.3, 0.4) is 0 Å². The van der Waals surface area contributed by atoms with E-state index in [4.69, 9.17) is 14.0 Å². The molecule has 0 aliphatic carbocycles. The first-order valence-electron chi connectivity index (χ1n) is 10.3. The second-order valence-electron chi connectivity index (χ2n) is 7.50. The van der Waals surface area contributed by atoms with E-state index in [1.54, 1.807) is 7.11 Å². The lowest BCUT2D eigenvalue weighted by Crippen LogP contribution is -2.49. The van der Waals surface area contributed by atoms with Crippen molar-refractivity contribution >= 4 is 5.91 Å². The number of nitrogens with zero attached hydrogens (tertiary/aromatic N) is 4. The van der Waals surface area contributed by atoms with Gasteiger partial charge in [-0.1, -0.05) is 22.9 Å². The molecule has 1 aromatic heterocycles. The Hall–Kier alpha value is -3.39. The van der Waals surface area contributed by atoms with Gasteiger partial charge in [0.15, 0.2) is 6.61 Å². The summed E-state index contributed by atoms with van der Waals surface area (Å²) < 4.78 is 16.2. The predicted molar refractivity (Wildman–Crippen MR) is 115 cm³/mol. The van der Waals surface area contributed by atoms with E-state index in [0.717, 1.165) is 30.0 Å². The number of carbonyl (C=O) groups is 1. The van der Waals surface area contributed by atoms with E-state index in [-0.39, 0.29) is 12.5 Å². The number of aryl methyl sites for hydroxylation is 1. The third-order valence-electron chi connectivity index (χ3n) is 5.28. The third-order valence-corrected chi connectivity index (χ3v) is 5.28. The first-order valence-corrected chi connectivity index (χ1v) is 10.3. The van der Waals surface area contributed by atoms with Crippen LogP contribution in [0.25, 0.3) is 11.4 Å². The zero-order chi connectivity index (χ0) is 21.6. The number of methoxy groups -OCH3 is 1. The second-order valence-corrected chi connectivity index (χ2v) is 7.50. The molecule has 31 heavy (non-hydrogen) atoms. The third kappa shape index (κ3) is 5.40. The Bertz CT molecular complexity index is 993. The van der Waals surface area contributed by atoms with Crippen LogP contribution in [0.1, 0.15) is 11.5 Å². The van der Waals surface area contributed by atoms with E-state index in [1.165, 1.54) is 0 Å². The monoisotopic (exact) mass is 422 g/mol. The highest BCUT2D eigenvalue weighted by Gasteiger charge is 2.23. The number of rotatable bonds is 7. The standard InChI is InChI=1S/C23H26N4O4/c1-17-3-7-20(8-4-17)30-16-22(28)27-13-11-26(12-14-27)15-21-24-23(25-31-21)18-5-9-19(29-2)10-6-18/h3-10H,11-16H2,1-2H3. The van der Waals surface area contributed by atoms with Crippen molar-refractivity contribution in [2.75, 3.05) is 39.9 Å². The molecule has 162 valence electrons. The molecule has 2 heterocycles. The Kier molecular flexibility index (Phi) is 6.47. The maximum Gasteiger partial charge on any atom is 0.260 e. The van der Waals surface area contributed by atoms with Crippen molar-refractivity contribution < 1.29 is 18.8 Å². The van der Waals surface area contributed by atoms with Crippen molar-refractivity contribution in [3.8, 4) is 22.9 Å². The van der Waals surface area contributed by atoms with Gasteiger partial charge >= 0.3 is 0 Å². The molecule has 1 aliphatic heterocycles. The van der Waals surface area contributed by atoms with Crippen molar-refractivity contribution in [2.45, 2.75) is 13.5 Å². The van der Waals surface area contributed by atoms with E-state index in [9.17, 15) is 4.79 Å². The minimum atomic E-state index is -0.000178. The van der Waals surface area contributed by atoms with E-state index in [0.29, 0.717) is 37.1 Å². The molecule has 0 unspecified atom stereocenters. The molecular formula is C23H26N4O4. The Balaban J connectivity index is 1.24. The summed E-state index contributed by atoms with van der Waals surface area (Å²) in [5.41, 5.74) is 2.03. The SMILES string of the molecule is COc1ccc(-c2noc(CN3CCN(C(=O)COc4ccc(C)cc4)CC3)n2)cc1. The predicted octanol–water partition coefficient (Wildman–Crippen LogP) is 2.78. The minimum Gasteiger partial charge on any atom is -0.497 e. The van der Waals surface area contributed by atoms with Gasteiger partial charge in [-0.25, -0.2) is 0 Å². The van der Waals surface area contributed by atoms with E-state index in [2.05, 4.69) is 15.0 Å². The molecule has 3 aromatic rings. The molecule has 2 aromatic carbocycles. The summed E-state index contributed by atoms with van der Waals surface area (Å²) in [6.07, 6.45) is 0. The molecule has 0 radical (unpaired) electrons. The van der Waals surface area contributed by atoms with E-state index < -0.39 is 0 Å². The van der Waals surface area contributed by atoms with Crippen molar-refractivity contribution in [1.29, 1.82) is 0 Å². The number of aromatic nitrogens is 2. The smallest absolute Gasteiger partial charge is 0.260 e. The van der Waals surface area contributed by atoms with Gasteiger partial charge in [0.05, 0.1) is 13.7 Å². The van der Waals surface area contributed by atoms with Gasteiger partial charge in [-0.05, 0) is 43.3 Å². The lowest BCUT2D eigenvalue weighted by atomic mass is 10.2. The van der Waals surface area contributed by atoms with Gasteiger partial charge in [0.2, 0.25) is 11.7 Å². The molecule has 4 rings (SSSR count). The number of carbonyl (C=O) groups excluding carboxylic acids is 1. The van der Waals surface area contributed by atoms with Crippen LogP contribution in [0.2, 0.25) is 0 Å². The molecule has 0 atom stereocenters. The lowest BCUT2D eigenvalue weighted by Gasteiger charge is -2.33. The summed E-state index contributed by atoms with van der Waals surface area (Å²) in [7, 11) is 1.63. The fourth-order valence-electron chi connectivity index (χ4n) is 3.39. The van der Waals surface area contributed by atoms with Gasteiger partial charge in [0.1, 0.15) is 11.5 Å². The van der Waals surface area contributed by atoms with Gasteiger partial charge in [0, 0.05) is 31.7 Å². The molecule has 0 bridgehead atoms. The highest BCUT2D eigenvalue weighted by molar-refractivity contribution is 5.77. The zero-order valence-corrected chi connectivity index (χ0v) is 17.8. The van der Waals surface area contributed by atoms with Crippen LogP contribution in [0.5, 0.6) is 11.5 Å². The molecule has 8 heteroatoms. The topological polar surface area (TPSA) is 80.9 Å². The molecular weight excluding hydrogens is 396 g/mol. The minimum absolute atomic E-state index is 0.000178. The van der Waals surface area contributed by atoms with Crippen LogP contribution < -0.4 is 9.47 Å². The largest absolute Gasteiger partial charge is 0.497 e. The molecule has 0 saturated carbocycles. The van der Waals surface area contributed by atoms with Gasteiger partial charge in [-0.2, -0.15) is 4.98 Å². The van der Waals surface area contributed by atoms with Gasteiger partial charge in [-0.15, -0.1) is 0 Å². The highest BCUT2D eigenvalue weighted by Crippen LogP contribution is 2.20. The van der Waals surface area contributed by atoms with Gasteiger partial charge in [0.25, 0.3) is 5.91 Å². The normalized spacial score (nSPS) is 14.5. The fourth-order valence-corrected chi connectivity index (χ4v) is 3.39. The summed E-state index contributed by atoms with van der Waals surface area (Å²) in [5.74, 6) is 2.61. The molecule has 8 nitrogen and oxygen atoms in total.